The van der Waals surface area contributed by atoms with Gasteiger partial charge in [0.2, 0.25) is 0 Å². The van der Waals surface area contributed by atoms with Gasteiger partial charge < -0.3 is 0 Å². The third kappa shape index (κ3) is 2.55. The molecule has 0 saturated heterocycles. The second kappa shape index (κ2) is 6.09. The molecule has 0 aliphatic heterocycles. The Balaban J connectivity index is 1.81. The van der Waals surface area contributed by atoms with Crippen LogP contribution in [0.5, 0.6) is 0 Å². The minimum absolute atomic E-state index is 0.00962. The van der Waals surface area contributed by atoms with Crippen molar-refractivity contribution in [2.45, 2.75) is 38.6 Å². The van der Waals surface area contributed by atoms with Crippen LogP contribution in [-0.4, -0.2) is 13.9 Å². The van der Waals surface area contributed by atoms with Gasteiger partial charge in [0.05, 0.1) is 6.33 Å². The van der Waals surface area contributed by atoms with Gasteiger partial charge in [-0.05, 0) is 54.6 Å². The standard InChI is InChI=1S/C18H18FN3OS/c1-11-4-2-3-5-14(11)22-10-20-16-15(21-24-17(16)18(22)23)12-6-8-13(19)9-7-12/h6-11,14H,2-5H2,1H3. The number of hydrogen-bond donors (Lipinski definition) is 0. The van der Waals surface area contributed by atoms with Crippen molar-refractivity contribution in [2.75, 3.05) is 0 Å². The molecule has 0 radical (unpaired) electrons. The predicted octanol–water partition coefficient (Wildman–Crippen LogP) is 4.41. The molecule has 1 fully saturated rings. The van der Waals surface area contributed by atoms with Crippen LogP contribution in [0, 0.1) is 11.7 Å². The molecule has 1 aliphatic rings. The molecule has 1 aromatic carbocycles. The summed E-state index contributed by atoms with van der Waals surface area (Å²) in [6, 6.07) is 6.34. The molecular weight excluding hydrogens is 325 g/mol. The van der Waals surface area contributed by atoms with Crippen molar-refractivity contribution in [2.24, 2.45) is 5.92 Å². The van der Waals surface area contributed by atoms with E-state index in [0.717, 1.165) is 24.8 Å². The Hall–Kier alpha value is -2.08. The largest absolute Gasteiger partial charge is 0.295 e. The summed E-state index contributed by atoms with van der Waals surface area (Å²) < 4.78 is 19.9. The Labute approximate surface area is 143 Å². The quantitative estimate of drug-likeness (QED) is 0.692. The number of fused-ring (bicyclic) bond motifs is 1. The van der Waals surface area contributed by atoms with E-state index < -0.39 is 0 Å². The smallest absolute Gasteiger partial charge is 0.273 e. The Morgan fingerprint density at radius 3 is 2.71 bits per heavy atom. The molecule has 124 valence electrons. The number of nitrogens with zero attached hydrogens (tertiary/aromatic N) is 3. The molecular formula is C18H18FN3OS. The van der Waals surface area contributed by atoms with Gasteiger partial charge in [0.1, 0.15) is 21.7 Å². The van der Waals surface area contributed by atoms with Crippen LogP contribution < -0.4 is 5.56 Å². The Bertz CT molecular complexity index is 932. The molecule has 2 unspecified atom stereocenters. The van der Waals surface area contributed by atoms with E-state index >= 15 is 0 Å². The first kappa shape index (κ1) is 15.4. The number of aromatic nitrogens is 3. The lowest BCUT2D eigenvalue weighted by Gasteiger charge is -2.29. The fourth-order valence-corrected chi connectivity index (χ4v) is 4.37. The number of benzene rings is 1. The van der Waals surface area contributed by atoms with Crippen molar-refractivity contribution in [1.29, 1.82) is 0 Å². The lowest BCUT2D eigenvalue weighted by Crippen LogP contribution is -2.30. The van der Waals surface area contributed by atoms with E-state index in [2.05, 4.69) is 16.3 Å². The average Bonchev–Trinajstić information content (AvgIpc) is 3.02. The second-order valence-corrected chi connectivity index (χ2v) is 7.28. The number of halogens is 1. The predicted molar refractivity (Wildman–Crippen MR) is 93.7 cm³/mol. The summed E-state index contributed by atoms with van der Waals surface area (Å²) in [7, 11) is 0. The van der Waals surface area contributed by atoms with Gasteiger partial charge in [-0.2, -0.15) is 4.37 Å². The molecule has 4 rings (SSSR count). The Morgan fingerprint density at radius 2 is 1.96 bits per heavy atom. The van der Waals surface area contributed by atoms with Crippen LogP contribution in [0.15, 0.2) is 35.4 Å². The monoisotopic (exact) mass is 343 g/mol. The molecule has 6 heteroatoms. The van der Waals surface area contributed by atoms with Crippen LogP contribution in [0.1, 0.15) is 38.6 Å². The molecule has 1 saturated carbocycles. The summed E-state index contributed by atoms with van der Waals surface area (Å²) in [6.45, 7) is 2.21. The van der Waals surface area contributed by atoms with E-state index in [-0.39, 0.29) is 17.4 Å². The van der Waals surface area contributed by atoms with Crippen molar-refractivity contribution in [1.82, 2.24) is 13.9 Å². The summed E-state index contributed by atoms with van der Waals surface area (Å²) in [6.07, 6.45) is 6.23. The average molecular weight is 343 g/mol. The molecule has 0 amide bonds. The van der Waals surface area contributed by atoms with Crippen LogP contribution in [0.4, 0.5) is 4.39 Å². The van der Waals surface area contributed by atoms with Gasteiger partial charge in [-0.25, -0.2) is 9.37 Å². The topological polar surface area (TPSA) is 47.8 Å². The van der Waals surface area contributed by atoms with Crippen LogP contribution in [-0.2, 0) is 0 Å². The van der Waals surface area contributed by atoms with Gasteiger partial charge in [-0.3, -0.25) is 9.36 Å². The van der Waals surface area contributed by atoms with Crippen molar-refractivity contribution in [3.8, 4) is 11.3 Å². The van der Waals surface area contributed by atoms with Gasteiger partial charge in [0, 0.05) is 11.6 Å². The molecule has 0 N–H and O–H groups in total. The zero-order valence-corrected chi connectivity index (χ0v) is 14.2. The maximum atomic E-state index is 13.1. The highest BCUT2D eigenvalue weighted by atomic mass is 32.1. The van der Waals surface area contributed by atoms with E-state index in [1.54, 1.807) is 23.0 Å². The van der Waals surface area contributed by atoms with Crippen molar-refractivity contribution < 1.29 is 4.39 Å². The molecule has 2 heterocycles. The molecule has 2 aromatic heterocycles. The van der Waals surface area contributed by atoms with E-state index in [9.17, 15) is 9.18 Å². The van der Waals surface area contributed by atoms with Gasteiger partial charge in [-0.1, -0.05) is 19.8 Å². The van der Waals surface area contributed by atoms with E-state index in [1.807, 2.05) is 0 Å². The maximum Gasteiger partial charge on any atom is 0.273 e. The molecule has 1 aliphatic carbocycles. The number of hydrogen-bond acceptors (Lipinski definition) is 4. The first-order valence-corrected chi connectivity index (χ1v) is 9.05. The first-order chi connectivity index (χ1) is 11.6. The van der Waals surface area contributed by atoms with Crippen molar-refractivity contribution >= 4 is 21.7 Å². The van der Waals surface area contributed by atoms with E-state index in [1.165, 1.54) is 30.1 Å². The summed E-state index contributed by atoms with van der Waals surface area (Å²) >= 11 is 1.18. The third-order valence-corrected chi connectivity index (χ3v) is 5.77. The van der Waals surface area contributed by atoms with Crippen LogP contribution in [0.3, 0.4) is 0 Å². The van der Waals surface area contributed by atoms with Crippen LogP contribution in [0.25, 0.3) is 21.5 Å². The lowest BCUT2D eigenvalue weighted by atomic mass is 9.86. The van der Waals surface area contributed by atoms with Gasteiger partial charge in [0.25, 0.3) is 5.56 Å². The third-order valence-electron chi connectivity index (χ3n) is 4.95. The SMILES string of the molecule is CC1CCCCC1n1cnc2c(-c3ccc(F)cc3)nsc2c1=O. The highest BCUT2D eigenvalue weighted by Crippen LogP contribution is 2.33. The minimum Gasteiger partial charge on any atom is -0.295 e. The second-order valence-electron chi connectivity index (χ2n) is 6.50. The first-order valence-electron chi connectivity index (χ1n) is 8.27. The summed E-state index contributed by atoms with van der Waals surface area (Å²) in [5.74, 6) is 0.195. The van der Waals surface area contributed by atoms with Gasteiger partial charge in [0.15, 0.2) is 0 Å². The summed E-state index contributed by atoms with van der Waals surface area (Å²) in [5.41, 5.74) is 2.02. The lowest BCUT2D eigenvalue weighted by molar-refractivity contribution is 0.251. The molecule has 3 aromatic rings. The highest BCUT2D eigenvalue weighted by Gasteiger charge is 2.25. The molecule has 4 nitrogen and oxygen atoms in total. The molecule has 2 atom stereocenters. The van der Waals surface area contributed by atoms with Gasteiger partial charge >= 0.3 is 0 Å². The molecule has 0 bridgehead atoms. The van der Waals surface area contributed by atoms with E-state index in [0.29, 0.717) is 21.8 Å². The van der Waals surface area contributed by atoms with Crippen molar-refractivity contribution in [3.63, 3.8) is 0 Å². The van der Waals surface area contributed by atoms with E-state index in [4.69, 9.17) is 0 Å². The molecule has 24 heavy (non-hydrogen) atoms. The summed E-state index contributed by atoms with van der Waals surface area (Å²) in [5, 5.41) is 0. The fourth-order valence-electron chi connectivity index (χ4n) is 3.58. The fraction of sp³-hybridized carbons (Fsp3) is 0.389. The van der Waals surface area contributed by atoms with Crippen molar-refractivity contribution in [3.05, 3.63) is 46.8 Å². The number of rotatable bonds is 2. The van der Waals surface area contributed by atoms with Crippen LogP contribution >= 0.6 is 11.5 Å². The minimum atomic E-state index is -0.292. The Kier molecular flexibility index (Phi) is 3.92. The Morgan fingerprint density at radius 1 is 1.21 bits per heavy atom. The summed E-state index contributed by atoms with van der Waals surface area (Å²) in [4.78, 5) is 17.4. The van der Waals surface area contributed by atoms with Crippen LogP contribution in [0.2, 0.25) is 0 Å². The maximum absolute atomic E-state index is 13.1. The molecule has 0 spiro atoms. The normalized spacial score (nSPS) is 21.2. The van der Waals surface area contributed by atoms with Gasteiger partial charge in [-0.15, -0.1) is 0 Å². The zero-order valence-electron chi connectivity index (χ0n) is 13.4. The highest BCUT2D eigenvalue weighted by molar-refractivity contribution is 7.13. The zero-order chi connectivity index (χ0) is 16.7.